The van der Waals surface area contributed by atoms with Gasteiger partial charge in [-0.15, -0.1) is 11.8 Å². The van der Waals surface area contributed by atoms with Crippen LogP contribution in [0.25, 0.3) is 6.08 Å². The molecule has 0 saturated heterocycles. The van der Waals surface area contributed by atoms with Gasteiger partial charge in [0.15, 0.2) is 5.78 Å². The highest BCUT2D eigenvalue weighted by Crippen LogP contribution is 2.26. The molecule has 2 aromatic rings. The van der Waals surface area contributed by atoms with E-state index in [0.29, 0.717) is 5.56 Å². The highest BCUT2D eigenvalue weighted by Gasteiger charge is 2.08. The lowest BCUT2D eigenvalue weighted by molar-refractivity contribution is 0.104. The summed E-state index contributed by atoms with van der Waals surface area (Å²) in [5.41, 5.74) is 3.88. The van der Waals surface area contributed by atoms with Crippen molar-refractivity contribution in [2.75, 3.05) is 6.26 Å². The SMILES string of the molecule is CSc1ccc(C(=O)/C=C/c2cc(C)c(OC(C)C)c(C)c2)cc1. The first-order valence-corrected chi connectivity index (χ1v) is 9.27. The van der Waals surface area contributed by atoms with E-state index in [1.807, 2.05) is 76.4 Å². The summed E-state index contributed by atoms with van der Waals surface area (Å²) in [6.45, 7) is 8.11. The second-order valence-electron chi connectivity index (χ2n) is 6.08. The highest BCUT2D eigenvalue weighted by atomic mass is 32.2. The van der Waals surface area contributed by atoms with Crippen LogP contribution in [0.3, 0.4) is 0 Å². The van der Waals surface area contributed by atoms with Crippen LogP contribution in [0.1, 0.15) is 40.9 Å². The normalized spacial score (nSPS) is 11.2. The molecular weight excluding hydrogens is 316 g/mol. The number of ketones is 1. The third-order valence-corrected chi connectivity index (χ3v) is 4.38. The van der Waals surface area contributed by atoms with Crippen molar-refractivity contribution in [1.82, 2.24) is 0 Å². The van der Waals surface area contributed by atoms with E-state index in [2.05, 4.69) is 0 Å². The molecule has 126 valence electrons. The minimum Gasteiger partial charge on any atom is -0.490 e. The molecule has 0 fully saturated rings. The molecule has 2 rings (SSSR count). The summed E-state index contributed by atoms with van der Waals surface area (Å²) in [6, 6.07) is 11.8. The standard InChI is InChI=1S/C21H24O2S/c1-14(2)23-21-15(3)12-17(13-16(21)4)6-11-20(22)18-7-9-19(24-5)10-8-18/h6-14H,1-5H3/b11-6+. The number of allylic oxidation sites excluding steroid dienone is 1. The van der Waals surface area contributed by atoms with Gasteiger partial charge in [-0.1, -0.05) is 6.08 Å². The minimum atomic E-state index is 0.0143. The van der Waals surface area contributed by atoms with Gasteiger partial charge in [-0.3, -0.25) is 4.79 Å². The second-order valence-corrected chi connectivity index (χ2v) is 6.96. The zero-order chi connectivity index (χ0) is 17.7. The zero-order valence-corrected chi connectivity index (χ0v) is 15.7. The van der Waals surface area contributed by atoms with Crippen molar-refractivity contribution in [1.29, 1.82) is 0 Å². The summed E-state index contributed by atoms with van der Waals surface area (Å²) < 4.78 is 5.85. The van der Waals surface area contributed by atoms with Crippen LogP contribution in [-0.2, 0) is 0 Å². The topological polar surface area (TPSA) is 26.3 Å². The maximum atomic E-state index is 12.3. The Balaban J connectivity index is 2.17. The van der Waals surface area contributed by atoms with Crippen LogP contribution in [0.4, 0.5) is 0 Å². The van der Waals surface area contributed by atoms with Crippen LogP contribution >= 0.6 is 11.8 Å². The molecule has 0 atom stereocenters. The summed E-state index contributed by atoms with van der Waals surface area (Å²) in [5.74, 6) is 0.946. The van der Waals surface area contributed by atoms with E-state index in [1.165, 1.54) is 0 Å². The predicted molar refractivity (Wildman–Crippen MR) is 103 cm³/mol. The van der Waals surface area contributed by atoms with Crippen LogP contribution in [0.2, 0.25) is 0 Å². The Bertz CT molecular complexity index is 720. The lowest BCUT2D eigenvalue weighted by Crippen LogP contribution is -2.08. The van der Waals surface area contributed by atoms with Gasteiger partial charge >= 0.3 is 0 Å². The first kappa shape index (κ1) is 18.3. The lowest BCUT2D eigenvalue weighted by atomic mass is 10.0. The Hall–Kier alpha value is -2.00. The lowest BCUT2D eigenvalue weighted by Gasteiger charge is -2.15. The van der Waals surface area contributed by atoms with E-state index >= 15 is 0 Å². The van der Waals surface area contributed by atoms with Gasteiger partial charge < -0.3 is 4.74 Å². The summed E-state index contributed by atoms with van der Waals surface area (Å²) in [4.78, 5) is 13.4. The van der Waals surface area contributed by atoms with E-state index in [1.54, 1.807) is 17.8 Å². The van der Waals surface area contributed by atoms with Gasteiger partial charge in [-0.25, -0.2) is 0 Å². The second kappa shape index (κ2) is 8.20. The van der Waals surface area contributed by atoms with Gasteiger partial charge in [0.25, 0.3) is 0 Å². The molecule has 2 nitrogen and oxygen atoms in total. The predicted octanol–water partition coefficient (Wildman–Crippen LogP) is 5.71. The summed E-state index contributed by atoms with van der Waals surface area (Å²) >= 11 is 1.67. The maximum absolute atomic E-state index is 12.3. The quantitative estimate of drug-likeness (QED) is 0.383. The molecule has 0 unspecified atom stereocenters. The van der Waals surface area contributed by atoms with Gasteiger partial charge in [-0.2, -0.15) is 0 Å². The van der Waals surface area contributed by atoms with Crippen LogP contribution in [0, 0.1) is 13.8 Å². The molecule has 0 saturated carbocycles. The molecule has 3 heteroatoms. The summed E-state index contributed by atoms with van der Waals surface area (Å²) in [7, 11) is 0. The Morgan fingerprint density at radius 3 is 2.17 bits per heavy atom. The first-order chi connectivity index (χ1) is 11.4. The molecule has 24 heavy (non-hydrogen) atoms. The van der Waals surface area contributed by atoms with Gasteiger partial charge in [0.2, 0.25) is 0 Å². The molecule has 0 bridgehead atoms. The third-order valence-electron chi connectivity index (χ3n) is 3.64. The number of rotatable bonds is 6. The first-order valence-electron chi connectivity index (χ1n) is 8.05. The Morgan fingerprint density at radius 2 is 1.67 bits per heavy atom. The fourth-order valence-corrected chi connectivity index (χ4v) is 2.93. The molecule has 0 aliphatic rings. The number of benzene rings is 2. The van der Waals surface area contributed by atoms with Crippen molar-refractivity contribution in [2.45, 2.75) is 38.7 Å². The van der Waals surface area contributed by atoms with Crippen LogP contribution in [-0.4, -0.2) is 18.1 Å². The number of thioether (sulfide) groups is 1. The van der Waals surface area contributed by atoms with Crippen LogP contribution in [0.15, 0.2) is 47.4 Å². The van der Waals surface area contributed by atoms with Crippen molar-refractivity contribution in [3.05, 3.63) is 64.7 Å². The number of hydrogen-bond donors (Lipinski definition) is 0. The van der Waals surface area contributed by atoms with Crippen LogP contribution < -0.4 is 4.74 Å². The van der Waals surface area contributed by atoms with Crippen molar-refractivity contribution in [3.63, 3.8) is 0 Å². The fourth-order valence-electron chi connectivity index (χ4n) is 2.53. The number of aryl methyl sites for hydroxylation is 2. The Kier molecular flexibility index (Phi) is 6.27. The molecule has 0 N–H and O–H groups in total. The number of ether oxygens (including phenoxy) is 1. The monoisotopic (exact) mass is 340 g/mol. The smallest absolute Gasteiger partial charge is 0.185 e. The van der Waals surface area contributed by atoms with E-state index in [9.17, 15) is 4.79 Å². The number of carbonyl (C=O) groups excluding carboxylic acids is 1. The van der Waals surface area contributed by atoms with E-state index in [4.69, 9.17) is 4.74 Å². The van der Waals surface area contributed by atoms with E-state index in [-0.39, 0.29) is 11.9 Å². The summed E-state index contributed by atoms with van der Waals surface area (Å²) in [6.07, 6.45) is 5.66. The van der Waals surface area contributed by atoms with E-state index in [0.717, 1.165) is 27.3 Å². The Morgan fingerprint density at radius 1 is 1.08 bits per heavy atom. The zero-order valence-electron chi connectivity index (χ0n) is 14.9. The average Bonchev–Trinajstić information content (AvgIpc) is 2.56. The van der Waals surface area contributed by atoms with Gasteiger partial charge in [0, 0.05) is 10.5 Å². The molecule has 0 radical (unpaired) electrons. The number of hydrogen-bond acceptors (Lipinski definition) is 3. The Labute approximate surface area is 148 Å². The van der Waals surface area contributed by atoms with Crippen molar-refractivity contribution in [2.24, 2.45) is 0 Å². The van der Waals surface area contributed by atoms with Gasteiger partial charge in [-0.05, 0) is 93.1 Å². The fraction of sp³-hybridized carbons (Fsp3) is 0.286. The van der Waals surface area contributed by atoms with E-state index < -0.39 is 0 Å². The van der Waals surface area contributed by atoms with Crippen LogP contribution in [0.5, 0.6) is 5.75 Å². The molecule has 0 amide bonds. The number of carbonyl (C=O) groups is 1. The average molecular weight is 340 g/mol. The van der Waals surface area contributed by atoms with Crippen molar-refractivity contribution >= 4 is 23.6 Å². The minimum absolute atomic E-state index is 0.0143. The van der Waals surface area contributed by atoms with Gasteiger partial charge in [0.1, 0.15) is 5.75 Å². The molecule has 0 heterocycles. The van der Waals surface area contributed by atoms with Crippen molar-refractivity contribution in [3.8, 4) is 5.75 Å². The molecule has 0 spiro atoms. The molecule has 0 aliphatic carbocycles. The molecular formula is C21H24O2S. The maximum Gasteiger partial charge on any atom is 0.185 e. The largest absolute Gasteiger partial charge is 0.490 e. The highest BCUT2D eigenvalue weighted by molar-refractivity contribution is 7.98. The molecule has 0 aromatic heterocycles. The molecule has 0 aliphatic heterocycles. The van der Waals surface area contributed by atoms with Gasteiger partial charge in [0.05, 0.1) is 6.10 Å². The summed E-state index contributed by atoms with van der Waals surface area (Å²) in [5, 5.41) is 0. The van der Waals surface area contributed by atoms with Crippen molar-refractivity contribution < 1.29 is 9.53 Å². The third kappa shape index (κ3) is 4.75. The molecule has 2 aromatic carbocycles.